The van der Waals surface area contributed by atoms with E-state index < -0.39 is 5.97 Å². The lowest BCUT2D eigenvalue weighted by Crippen LogP contribution is -2.42. The van der Waals surface area contributed by atoms with Crippen molar-refractivity contribution in [2.45, 2.75) is 45.6 Å². The SMILES string of the molecule is Cc1ccccc1C(=O)OCC(=O)N[C@@H]1CCCC[C@@H]1C. The van der Waals surface area contributed by atoms with Crippen molar-refractivity contribution in [1.29, 1.82) is 0 Å². The van der Waals surface area contributed by atoms with E-state index in [1.165, 1.54) is 6.42 Å². The summed E-state index contributed by atoms with van der Waals surface area (Å²) in [5.41, 5.74) is 1.36. The highest BCUT2D eigenvalue weighted by Gasteiger charge is 2.23. The Labute approximate surface area is 125 Å². The van der Waals surface area contributed by atoms with Gasteiger partial charge < -0.3 is 10.1 Å². The third-order valence-corrected chi connectivity index (χ3v) is 4.16. The van der Waals surface area contributed by atoms with Crippen molar-refractivity contribution in [2.24, 2.45) is 5.92 Å². The maximum atomic E-state index is 11.9. The normalized spacial score (nSPS) is 21.6. The summed E-state index contributed by atoms with van der Waals surface area (Å²) in [6.45, 7) is 3.79. The second-order valence-electron chi connectivity index (χ2n) is 5.83. The highest BCUT2D eigenvalue weighted by Crippen LogP contribution is 2.23. The molecule has 1 saturated carbocycles. The van der Waals surface area contributed by atoms with E-state index in [0.29, 0.717) is 11.5 Å². The molecule has 4 heteroatoms. The molecule has 4 nitrogen and oxygen atoms in total. The number of carbonyl (C=O) groups excluding carboxylic acids is 2. The maximum absolute atomic E-state index is 11.9. The molecule has 0 heterocycles. The Morgan fingerprint density at radius 1 is 1.24 bits per heavy atom. The van der Waals surface area contributed by atoms with Crippen molar-refractivity contribution in [3.8, 4) is 0 Å². The van der Waals surface area contributed by atoms with Crippen LogP contribution in [0.25, 0.3) is 0 Å². The zero-order valence-corrected chi connectivity index (χ0v) is 12.7. The van der Waals surface area contributed by atoms with Gasteiger partial charge >= 0.3 is 5.97 Å². The molecule has 21 heavy (non-hydrogen) atoms. The van der Waals surface area contributed by atoms with E-state index in [-0.39, 0.29) is 18.6 Å². The minimum absolute atomic E-state index is 0.211. The molecule has 0 aliphatic heterocycles. The minimum Gasteiger partial charge on any atom is -0.452 e. The van der Waals surface area contributed by atoms with Crippen molar-refractivity contribution in [3.05, 3.63) is 35.4 Å². The predicted octanol–water partition coefficient (Wildman–Crippen LogP) is 2.85. The van der Waals surface area contributed by atoms with E-state index in [4.69, 9.17) is 4.74 Å². The average molecular weight is 289 g/mol. The molecule has 0 radical (unpaired) electrons. The van der Waals surface area contributed by atoms with Crippen molar-refractivity contribution in [3.63, 3.8) is 0 Å². The Kier molecular flexibility index (Phi) is 5.37. The van der Waals surface area contributed by atoms with Crippen LogP contribution in [0.2, 0.25) is 0 Å². The number of rotatable bonds is 4. The van der Waals surface area contributed by atoms with Gasteiger partial charge in [-0.15, -0.1) is 0 Å². The highest BCUT2D eigenvalue weighted by molar-refractivity contribution is 5.92. The third-order valence-electron chi connectivity index (χ3n) is 4.16. The Morgan fingerprint density at radius 2 is 1.95 bits per heavy atom. The van der Waals surface area contributed by atoms with Crippen LogP contribution in [0.5, 0.6) is 0 Å². The highest BCUT2D eigenvalue weighted by atomic mass is 16.5. The first-order chi connectivity index (χ1) is 10.1. The largest absolute Gasteiger partial charge is 0.452 e. The van der Waals surface area contributed by atoms with E-state index in [1.54, 1.807) is 12.1 Å². The number of aryl methyl sites for hydroxylation is 1. The van der Waals surface area contributed by atoms with Gasteiger partial charge in [0.25, 0.3) is 5.91 Å². The van der Waals surface area contributed by atoms with E-state index in [1.807, 2.05) is 19.1 Å². The number of benzene rings is 1. The third kappa shape index (κ3) is 4.31. The fourth-order valence-electron chi connectivity index (χ4n) is 2.79. The van der Waals surface area contributed by atoms with Gasteiger partial charge in [0.05, 0.1) is 5.56 Å². The zero-order valence-electron chi connectivity index (χ0n) is 12.7. The summed E-state index contributed by atoms with van der Waals surface area (Å²) in [5.74, 6) is -0.162. The van der Waals surface area contributed by atoms with Gasteiger partial charge in [-0.05, 0) is 37.3 Å². The lowest BCUT2D eigenvalue weighted by atomic mass is 9.86. The van der Waals surface area contributed by atoms with E-state index in [2.05, 4.69) is 12.2 Å². The molecule has 2 atom stereocenters. The zero-order chi connectivity index (χ0) is 15.2. The number of ether oxygens (including phenoxy) is 1. The van der Waals surface area contributed by atoms with Crippen LogP contribution in [0.4, 0.5) is 0 Å². The lowest BCUT2D eigenvalue weighted by Gasteiger charge is -2.29. The van der Waals surface area contributed by atoms with Crippen LogP contribution in [0.15, 0.2) is 24.3 Å². The van der Waals surface area contributed by atoms with Gasteiger partial charge in [0.2, 0.25) is 0 Å². The van der Waals surface area contributed by atoms with Crippen LogP contribution in [0.3, 0.4) is 0 Å². The molecule has 114 valence electrons. The fraction of sp³-hybridized carbons (Fsp3) is 0.529. The van der Waals surface area contributed by atoms with Crippen molar-refractivity contribution in [2.75, 3.05) is 6.61 Å². The molecule has 1 aliphatic rings. The molecule has 1 N–H and O–H groups in total. The summed E-state index contributed by atoms with van der Waals surface area (Å²) in [4.78, 5) is 23.8. The summed E-state index contributed by atoms with van der Waals surface area (Å²) < 4.78 is 5.10. The van der Waals surface area contributed by atoms with Gasteiger partial charge in [-0.1, -0.05) is 38.0 Å². The summed E-state index contributed by atoms with van der Waals surface area (Å²) in [5, 5.41) is 2.97. The van der Waals surface area contributed by atoms with E-state index in [9.17, 15) is 9.59 Å². The minimum atomic E-state index is -0.444. The van der Waals surface area contributed by atoms with E-state index >= 15 is 0 Å². The number of hydrogen-bond donors (Lipinski definition) is 1. The molecule has 0 bridgehead atoms. The average Bonchev–Trinajstić information content (AvgIpc) is 2.48. The van der Waals surface area contributed by atoms with Crippen LogP contribution in [-0.4, -0.2) is 24.5 Å². The van der Waals surface area contributed by atoms with Crippen molar-refractivity contribution in [1.82, 2.24) is 5.32 Å². The van der Waals surface area contributed by atoms with Gasteiger partial charge in [-0.25, -0.2) is 4.79 Å². The lowest BCUT2D eigenvalue weighted by molar-refractivity contribution is -0.125. The van der Waals surface area contributed by atoms with Gasteiger partial charge in [-0.2, -0.15) is 0 Å². The smallest absolute Gasteiger partial charge is 0.338 e. The standard InChI is InChI=1S/C17H23NO3/c1-12-7-3-5-9-14(12)17(20)21-11-16(19)18-15-10-6-4-8-13(15)2/h3,5,7,9,13,15H,4,6,8,10-11H2,1-2H3,(H,18,19)/t13-,15+/m0/s1. The first kappa shape index (κ1) is 15.5. The Morgan fingerprint density at radius 3 is 2.67 bits per heavy atom. The van der Waals surface area contributed by atoms with Crippen LogP contribution in [0.1, 0.15) is 48.5 Å². The molecule has 0 spiro atoms. The monoisotopic (exact) mass is 289 g/mol. The number of nitrogens with one attached hydrogen (secondary N) is 1. The molecule has 2 rings (SSSR count). The van der Waals surface area contributed by atoms with Crippen LogP contribution >= 0.6 is 0 Å². The molecule has 1 aliphatic carbocycles. The number of hydrogen-bond acceptors (Lipinski definition) is 3. The molecule has 0 unspecified atom stereocenters. The van der Waals surface area contributed by atoms with Crippen LogP contribution < -0.4 is 5.32 Å². The van der Waals surface area contributed by atoms with Gasteiger partial charge in [-0.3, -0.25) is 4.79 Å². The molecule has 0 aromatic heterocycles. The van der Waals surface area contributed by atoms with Crippen LogP contribution in [-0.2, 0) is 9.53 Å². The fourth-order valence-corrected chi connectivity index (χ4v) is 2.79. The molecule has 1 amide bonds. The first-order valence-electron chi connectivity index (χ1n) is 7.60. The quantitative estimate of drug-likeness (QED) is 0.867. The van der Waals surface area contributed by atoms with E-state index in [0.717, 1.165) is 24.8 Å². The second-order valence-corrected chi connectivity index (χ2v) is 5.83. The molecular weight excluding hydrogens is 266 g/mol. The second kappa shape index (κ2) is 7.25. The molecule has 0 saturated heterocycles. The van der Waals surface area contributed by atoms with Gasteiger partial charge in [0.1, 0.15) is 0 Å². The molecule has 1 aromatic carbocycles. The Bertz CT molecular complexity index is 513. The topological polar surface area (TPSA) is 55.4 Å². The molecule has 1 aromatic rings. The van der Waals surface area contributed by atoms with Gasteiger partial charge in [0.15, 0.2) is 6.61 Å². The summed E-state index contributed by atoms with van der Waals surface area (Å²) >= 11 is 0. The number of amides is 1. The maximum Gasteiger partial charge on any atom is 0.338 e. The Balaban J connectivity index is 1.81. The number of carbonyl (C=O) groups is 2. The molecule has 1 fully saturated rings. The summed E-state index contributed by atoms with van der Waals surface area (Å²) in [6, 6.07) is 7.42. The summed E-state index contributed by atoms with van der Waals surface area (Å²) in [6.07, 6.45) is 4.54. The van der Waals surface area contributed by atoms with Crippen molar-refractivity contribution >= 4 is 11.9 Å². The van der Waals surface area contributed by atoms with Gasteiger partial charge in [0, 0.05) is 6.04 Å². The predicted molar refractivity (Wildman–Crippen MR) is 81.0 cm³/mol. The van der Waals surface area contributed by atoms with Crippen LogP contribution in [0, 0.1) is 12.8 Å². The first-order valence-corrected chi connectivity index (χ1v) is 7.60. The Hall–Kier alpha value is -1.84. The number of esters is 1. The van der Waals surface area contributed by atoms with Crippen molar-refractivity contribution < 1.29 is 14.3 Å². The molecular formula is C17H23NO3. The summed E-state index contributed by atoms with van der Waals surface area (Å²) in [7, 11) is 0.